The Morgan fingerprint density at radius 3 is 2.39 bits per heavy atom. The van der Waals surface area contributed by atoms with Crippen LogP contribution in [0.5, 0.6) is 17.2 Å². The molecule has 0 unspecified atom stereocenters. The lowest BCUT2D eigenvalue weighted by molar-refractivity contribution is -0.118. The van der Waals surface area contributed by atoms with E-state index in [2.05, 4.69) is 10.6 Å². The van der Waals surface area contributed by atoms with E-state index in [1.165, 1.54) is 6.08 Å². The standard InChI is InChI=1S/C28H27N3O5/c1-3-35-26-16-21(15-22(17-29)28(33)30-18-20-7-5-4-6-8-20)9-14-25(26)36-19-27(32)31-23-10-12-24(34-2)13-11-23/h4-16H,3,18-19H2,1-2H3,(H,30,33)(H,31,32). The van der Waals surface area contributed by atoms with Crippen LogP contribution in [0.1, 0.15) is 18.1 Å². The molecule has 2 N–H and O–H groups in total. The van der Waals surface area contributed by atoms with E-state index >= 15 is 0 Å². The van der Waals surface area contributed by atoms with Crippen LogP contribution in [-0.4, -0.2) is 32.1 Å². The third-order valence-corrected chi connectivity index (χ3v) is 4.97. The highest BCUT2D eigenvalue weighted by molar-refractivity contribution is 6.01. The molecule has 0 aliphatic carbocycles. The molecule has 8 nitrogen and oxygen atoms in total. The molecule has 3 aromatic rings. The van der Waals surface area contributed by atoms with Crippen LogP contribution in [0.3, 0.4) is 0 Å². The Morgan fingerprint density at radius 1 is 0.972 bits per heavy atom. The number of methoxy groups -OCH3 is 1. The van der Waals surface area contributed by atoms with Gasteiger partial charge in [0.25, 0.3) is 11.8 Å². The van der Waals surface area contributed by atoms with Gasteiger partial charge in [-0.2, -0.15) is 5.26 Å². The summed E-state index contributed by atoms with van der Waals surface area (Å²) in [5.74, 6) is 0.632. The van der Waals surface area contributed by atoms with Crippen molar-refractivity contribution in [3.05, 3.63) is 89.5 Å². The second-order valence-electron chi connectivity index (χ2n) is 7.54. The first-order valence-electron chi connectivity index (χ1n) is 11.3. The Balaban J connectivity index is 1.64. The SMILES string of the molecule is CCOc1cc(C=C(C#N)C(=O)NCc2ccccc2)ccc1OCC(=O)Nc1ccc(OC)cc1. The Morgan fingerprint density at radius 2 is 1.72 bits per heavy atom. The number of rotatable bonds is 11. The van der Waals surface area contributed by atoms with Crippen molar-refractivity contribution in [1.29, 1.82) is 5.26 Å². The molecule has 0 aliphatic rings. The fourth-order valence-electron chi connectivity index (χ4n) is 3.21. The fourth-order valence-corrected chi connectivity index (χ4v) is 3.21. The molecule has 2 amide bonds. The zero-order valence-corrected chi connectivity index (χ0v) is 20.1. The smallest absolute Gasteiger partial charge is 0.262 e. The number of carbonyl (C=O) groups excluding carboxylic acids is 2. The summed E-state index contributed by atoms with van der Waals surface area (Å²) in [5, 5.41) is 15.0. The molecule has 0 saturated carbocycles. The first-order chi connectivity index (χ1) is 17.5. The van der Waals surface area contributed by atoms with Crippen LogP contribution in [0.2, 0.25) is 0 Å². The van der Waals surface area contributed by atoms with Gasteiger partial charge in [0.2, 0.25) is 0 Å². The van der Waals surface area contributed by atoms with Crippen LogP contribution in [0.15, 0.2) is 78.4 Å². The Kier molecular flexibility index (Phi) is 9.48. The van der Waals surface area contributed by atoms with Gasteiger partial charge in [-0.25, -0.2) is 0 Å². The number of carbonyl (C=O) groups is 2. The van der Waals surface area contributed by atoms with Crippen molar-refractivity contribution in [1.82, 2.24) is 5.32 Å². The molecule has 0 heterocycles. The van der Waals surface area contributed by atoms with E-state index in [0.29, 0.717) is 41.7 Å². The Hall–Kier alpha value is -4.77. The van der Waals surface area contributed by atoms with Gasteiger partial charge in [0.1, 0.15) is 17.4 Å². The summed E-state index contributed by atoms with van der Waals surface area (Å²) < 4.78 is 16.4. The van der Waals surface area contributed by atoms with Gasteiger partial charge in [0.05, 0.1) is 13.7 Å². The molecule has 0 bridgehead atoms. The van der Waals surface area contributed by atoms with E-state index in [-0.39, 0.29) is 18.1 Å². The topological polar surface area (TPSA) is 110 Å². The summed E-state index contributed by atoms with van der Waals surface area (Å²) in [4.78, 5) is 24.8. The quantitative estimate of drug-likeness (QED) is 0.309. The number of hydrogen-bond donors (Lipinski definition) is 2. The molecule has 0 saturated heterocycles. The lowest BCUT2D eigenvalue weighted by atomic mass is 10.1. The van der Waals surface area contributed by atoms with Gasteiger partial charge in [-0.05, 0) is 60.5 Å². The number of benzene rings is 3. The molecule has 3 aromatic carbocycles. The first-order valence-corrected chi connectivity index (χ1v) is 11.3. The Bertz CT molecular complexity index is 1250. The van der Waals surface area contributed by atoms with E-state index in [1.807, 2.05) is 43.3 Å². The lowest BCUT2D eigenvalue weighted by Crippen LogP contribution is -2.23. The first kappa shape index (κ1) is 25.8. The van der Waals surface area contributed by atoms with Crippen molar-refractivity contribution >= 4 is 23.6 Å². The maximum atomic E-state index is 12.5. The van der Waals surface area contributed by atoms with Crippen molar-refractivity contribution < 1.29 is 23.8 Å². The maximum absolute atomic E-state index is 12.5. The average molecular weight is 486 g/mol. The molecule has 36 heavy (non-hydrogen) atoms. The monoisotopic (exact) mass is 485 g/mol. The van der Waals surface area contributed by atoms with E-state index < -0.39 is 5.91 Å². The van der Waals surface area contributed by atoms with Crippen molar-refractivity contribution in [2.45, 2.75) is 13.5 Å². The van der Waals surface area contributed by atoms with Crippen LogP contribution in [0.4, 0.5) is 5.69 Å². The zero-order chi connectivity index (χ0) is 25.8. The molecule has 0 aromatic heterocycles. The molecule has 0 fully saturated rings. The van der Waals surface area contributed by atoms with Gasteiger partial charge in [-0.15, -0.1) is 0 Å². The summed E-state index contributed by atoms with van der Waals surface area (Å²) in [6.45, 7) is 2.27. The number of nitriles is 1. The highest BCUT2D eigenvalue weighted by Crippen LogP contribution is 2.29. The van der Waals surface area contributed by atoms with E-state index in [0.717, 1.165) is 5.56 Å². The van der Waals surface area contributed by atoms with Gasteiger partial charge >= 0.3 is 0 Å². The molecule has 8 heteroatoms. The van der Waals surface area contributed by atoms with Crippen molar-refractivity contribution in [2.24, 2.45) is 0 Å². The van der Waals surface area contributed by atoms with Gasteiger partial charge in [0.15, 0.2) is 18.1 Å². The number of amides is 2. The van der Waals surface area contributed by atoms with E-state index in [9.17, 15) is 14.9 Å². The highest BCUT2D eigenvalue weighted by atomic mass is 16.5. The second-order valence-corrected chi connectivity index (χ2v) is 7.54. The second kappa shape index (κ2) is 13.2. The Labute approximate surface area is 210 Å². The summed E-state index contributed by atoms with van der Waals surface area (Å²) in [7, 11) is 1.57. The van der Waals surface area contributed by atoms with Crippen LogP contribution < -0.4 is 24.8 Å². The fraction of sp³-hybridized carbons (Fsp3) is 0.179. The number of ether oxygens (including phenoxy) is 3. The number of nitrogens with one attached hydrogen (secondary N) is 2. The average Bonchev–Trinajstić information content (AvgIpc) is 2.91. The predicted molar refractivity (Wildman–Crippen MR) is 137 cm³/mol. The number of nitrogens with zero attached hydrogens (tertiary/aromatic N) is 1. The normalized spacial score (nSPS) is 10.6. The van der Waals surface area contributed by atoms with Crippen molar-refractivity contribution in [2.75, 3.05) is 25.6 Å². The minimum atomic E-state index is -0.477. The molecule has 0 aliphatic heterocycles. The van der Waals surface area contributed by atoms with Gasteiger partial charge < -0.3 is 24.8 Å². The predicted octanol–water partition coefficient (Wildman–Crippen LogP) is 4.33. The van der Waals surface area contributed by atoms with E-state index in [4.69, 9.17) is 14.2 Å². The molecule has 0 radical (unpaired) electrons. The van der Waals surface area contributed by atoms with Crippen LogP contribution >= 0.6 is 0 Å². The maximum Gasteiger partial charge on any atom is 0.262 e. The summed E-state index contributed by atoms with van der Waals surface area (Å²) >= 11 is 0. The van der Waals surface area contributed by atoms with Gasteiger partial charge in [-0.1, -0.05) is 36.4 Å². The van der Waals surface area contributed by atoms with Crippen molar-refractivity contribution in [3.63, 3.8) is 0 Å². The van der Waals surface area contributed by atoms with Gasteiger partial charge in [-0.3, -0.25) is 9.59 Å². The van der Waals surface area contributed by atoms with Crippen molar-refractivity contribution in [3.8, 4) is 23.3 Å². The van der Waals surface area contributed by atoms with Crippen LogP contribution in [0, 0.1) is 11.3 Å². The van der Waals surface area contributed by atoms with E-state index in [1.54, 1.807) is 49.6 Å². The number of hydrogen-bond acceptors (Lipinski definition) is 6. The molecule has 184 valence electrons. The highest BCUT2D eigenvalue weighted by Gasteiger charge is 2.12. The third-order valence-electron chi connectivity index (χ3n) is 4.97. The lowest BCUT2D eigenvalue weighted by Gasteiger charge is -2.13. The molecule has 0 atom stereocenters. The molecule has 0 spiro atoms. The molecular weight excluding hydrogens is 458 g/mol. The third kappa shape index (κ3) is 7.64. The minimum Gasteiger partial charge on any atom is -0.497 e. The van der Waals surface area contributed by atoms with Gasteiger partial charge in [0, 0.05) is 12.2 Å². The minimum absolute atomic E-state index is 0.0408. The molecule has 3 rings (SSSR count). The molecular formula is C28H27N3O5. The number of anilines is 1. The zero-order valence-electron chi connectivity index (χ0n) is 20.1. The van der Waals surface area contributed by atoms with Crippen LogP contribution in [-0.2, 0) is 16.1 Å². The summed E-state index contributed by atoms with van der Waals surface area (Å²) in [5.41, 5.74) is 2.09. The summed E-state index contributed by atoms with van der Waals surface area (Å²) in [6.07, 6.45) is 1.48. The largest absolute Gasteiger partial charge is 0.497 e. The summed E-state index contributed by atoms with van der Waals surface area (Å²) in [6, 6.07) is 23.3. The van der Waals surface area contributed by atoms with Crippen LogP contribution in [0.25, 0.3) is 6.08 Å².